The summed E-state index contributed by atoms with van der Waals surface area (Å²) in [5, 5.41) is 0. The number of hydrogen-bond acceptors (Lipinski definition) is 1. The Kier molecular flexibility index (Phi) is 5.20. The molecule has 0 saturated carbocycles. The molecule has 96 valence electrons. The molecule has 0 radical (unpaired) electrons. The van der Waals surface area contributed by atoms with Crippen molar-refractivity contribution in [2.75, 3.05) is 0 Å². The normalized spacial score (nSPS) is 12.1. The quantitative estimate of drug-likeness (QED) is 0.730. The molecule has 1 aromatic carbocycles. The lowest BCUT2D eigenvalue weighted by molar-refractivity contribution is 0.450. The second kappa shape index (κ2) is 6.20. The van der Waals surface area contributed by atoms with Gasteiger partial charge in [-0.15, -0.1) is 0 Å². The highest BCUT2D eigenvalue weighted by molar-refractivity contribution is 5.24. The van der Waals surface area contributed by atoms with Crippen LogP contribution in [-0.2, 0) is 6.42 Å². The summed E-state index contributed by atoms with van der Waals surface area (Å²) in [7, 11) is 0. The van der Waals surface area contributed by atoms with Crippen LogP contribution in [0.3, 0.4) is 0 Å². The van der Waals surface area contributed by atoms with E-state index in [4.69, 9.17) is 5.73 Å². The number of hydrogen-bond donors (Lipinski definition) is 1. The molecule has 0 aliphatic carbocycles. The summed E-state index contributed by atoms with van der Waals surface area (Å²) in [6, 6.07) is 9.05. The Morgan fingerprint density at radius 1 is 1.06 bits per heavy atom. The Morgan fingerprint density at radius 2 is 1.65 bits per heavy atom. The van der Waals surface area contributed by atoms with Gasteiger partial charge in [0.2, 0.25) is 0 Å². The molecule has 0 aliphatic heterocycles. The van der Waals surface area contributed by atoms with Gasteiger partial charge in [0.15, 0.2) is 0 Å². The van der Waals surface area contributed by atoms with Gasteiger partial charge >= 0.3 is 0 Å². The molecule has 0 aromatic heterocycles. The second-order valence-corrected chi connectivity index (χ2v) is 6.09. The van der Waals surface area contributed by atoms with Crippen LogP contribution in [0.2, 0.25) is 0 Å². The number of aryl methyl sites for hydroxylation is 1. The predicted molar refractivity (Wildman–Crippen MR) is 76.4 cm³/mol. The Labute approximate surface area is 106 Å². The molecule has 2 N–H and O–H groups in total. The largest absolute Gasteiger partial charge is 0.326 e. The van der Waals surface area contributed by atoms with E-state index in [1.165, 1.54) is 30.4 Å². The number of benzene rings is 1. The van der Waals surface area contributed by atoms with E-state index in [9.17, 15) is 0 Å². The molecule has 0 atom stereocenters. The lowest BCUT2D eigenvalue weighted by Gasteiger charge is -2.17. The fourth-order valence-electron chi connectivity index (χ4n) is 1.98. The number of rotatable bonds is 6. The van der Waals surface area contributed by atoms with Crippen LogP contribution >= 0.6 is 0 Å². The molecule has 0 heterocycles. The fourth-order valence-corrected chi connectivity index (χ4v) is 1.98. The minimum Gasteiger partial charge on any atom is -0.326 e. The Balaban J connectivity index is 2.33. The van der Waals surface area contributed by atoms with E-state index >= 15 is 0 Å². The van der Waals surface area contributed by atoms with Gasteiger partial charge in [0.25, 0.3) is 0 Å². The second-order valence-electron chi connectivity index (χ2n) is 6.09. The molecular weight excluding hydrogens is 206 g/mol. The average Bonchev–Trinajstić information content (AvgIpc) is 2.24. The Morgan fingerprint density at radius 3 is 2.12 bits per heavy atom. The van der Waals surface area contributed by atoms with Crippen LogP contribution in [0.4, 0.5) is 0 Å². The van der Waals surface area contributed by atoms with Crippen LogP contribution in [0, 0.1) is 0 Å². The zero-order valence-electron chi connectivity index (χ0n) is 11.8. The molecule has 1 rings (SSSR count). The van der Waals surface area contributed by atoms with E-state index in [-0.39, 0.29) is 5.54 Å². The van der Waals surface area contributed by atoms with E-state index in [1.807, 2.05) is 0 Å². The summed E-state index contributed by atoms with van der Waals surface area (Å²) < 4.78 is 0. The smallest absolute Gasteiger partial charge is 0.00970 e. The van der Waals surface area contributed by atoms with E-state index in [0.717, 1.165) is 6.42 Å². The third-order valence-electron chi connectivity index (χ3n) is 3.18. The van der Waals surface area contributed by atoms with Crippen molar-refractivity contribution in [3.05, 3.63) is 35.4 Å². The lowest BCUT2D eigenvalue weighted by Crippen LogP contribution is -2.31. The van der Waals surface area contributed by atoms with Crippen molar-refractivity contribution in [3.8, 4) is 0 Å². The van der Waals surface area contributed by atoms with Crippen molar-refractivity contribution < 1.29 is 0 Å². The first-order chi connectivity index (χ1) is 7.88. The third kappa shape index (κ3) is 5.88. The van der Waals surface area contributed by atoms with Crippen molar-refractivity contribution >= 4 is 0 Å². The van der Waals surface area contributed by atoms with Crippen molar-refractivity contribution in [2.24, 2.45) is 5.73 Å². The topological polar surface area (TPSA) is 26.0 Å². The Hall–Kier alpha value is -0.820. The van der Waals surface area contributed by atoms with Crippen LogP contribution in [0.1, 0.15) is 64.0 Å². The summed E-state index contributed by atoms with van der Waals surface area (Å²) in [5.41, 5.74) is 8.83. The predicted octanol–water partition coefficient (Wildman–Crippen LogP) is 4.26. The SMILES string of the molecule is CC(C)c1ccc(CCCCC(C)(C)N)cc1. The van der Waals surface area contributed by atoms with Crippen molar-refractivity contribution in [1.29, 1.82) is 0 Å². The molecule has 0 spiro atoms. The molecule has 17 heavy (non-hydrogen) atoms. The van der Waals surface area contributed by atoms with Gasteiger partial charge < -0.3 is 5.73 Å². The summed E-state index contributed by atoms with van der Waals surface area (Å²) in [4.78, 5) is 0. The van der Waals surface area contributed by atoms with Gasteiger partial charge in [0, 0.05) is 5.54 Å². The van der Waals surface area contributed by atoms with Gasteiger partial charge in [-0.05, 0) is 50.2 Å². The first kappa shape index (κ1) is 14.2. The maximum atomic E-state index is 5.97. The maximum absolute atomic E-state index is 5.97. The highest BCUT2D eigenvalue weighted by Crippen LogP contribution is 2.17. The van der Waals surface area contributed by atoms with Gasteiger partial charge in [-0.2, -0.15) is 0 Å². The standard InChI is InChI=1S/C16H27N/c1-13(2)15-10-8-14(9-11-15)7-5-6-12-16(3,4)17/h8-11,13H,5-7,12,17H2,1-4H3. The van der Waals surface area contributed by atoms with Crippen LogP contribution in [0.15, 0.2) is 24.3 Å². The third-order valence-corrected chi connectivity index (χ3v) is 3.18. The highest BCUT2D eigenvalue weighted by atomic mass is 14.7. The van der Waals surface area contributed by atoms with Crippen LogP contribution in [-0.4, -0.2) is 5.54 Å². The monoisotopic (exact) mass is 233 g/mol. The number of nitrogens with two attached hydrogens (primary N) is 1. The van der Waals surface area contributed by atoms with Gasteiger partial charge in [-0.25, -0.2) is 0 Å². The maximum Gasteiger partial charge on any atom is 0.00970 e. The summed E-state index contributed by atoms with van der Waals surface area (Å²) >= 11 is 0. The molecule has 1 aromatic rings. The van der Waals surface area contributed by atoms with Gasteiger partial charge in [-0.3, -0.25) is 0 Å². The minimum absolute atomic E-state index is 0.0124. The minimum atomic E-state index is -0.0124. The zero-order chi connectivity index (χ0) is 12.9. The molecule has 0 unspecified atom stereocenters. The van der Waals surface area contributed by atoms with E-state index in [1.54, 1.807) is 0 Å². The molecule has 1 nitrogen and oxygen atoms in total. The van der Waals surface area contributed by atoms with Crippen LogP contribution in [0.5, 0.6) is 0 Å². The van der Waals surface area contributed by atoms with Crippen LogP contribution in [0.25, 0.3) is 0 Å². The summed E-state index contributed by atoms with van der Waals surface area (Å²) in [5.74, 6) is 0.627. The fraction of sp³-hybridized carbons (Fsp3) is 0.625. The van der Waals surface area contributed by atoms with E-state index in [0.29, 0.717) is 5.92 Å². The molecule has 0 aliphatic rings. The van der Waals surface area contributed by atoms with Crippen molar-refractivity contribution in [3.63, 3.8) is 0 Å². The molecule has 0 amide bonds. The average molecular weight is 233 g/mol. The van der Waals surface area contributed by atoms with Crippen LogP contribution < -0.4 is 5.73 Å². The summed E-state index contributed by atoms with van der Waals surface area (Å²) in [6.45, 7) is 8.67. The molecule has 1 heteroatoms. The molecule has 0 saturated heterocycles. The van der Waals surface area contributed by atoms with Crippen molar-refractivity contribution in [2.45, 2.75) is 64.8 Å². The molecule has 0 fully saturated rings. The molecule has 0 bridgehead atoms. The van der Waals surface area contributed by atoms with E-state index in [2.05, 4.69) is 52.0 Å². The van der Waals surface area contributed by atoms with Gasteiger partial charge in [0.1, 0.15) is 0 Å². The number of unbranched alkanes of at least 4 members (excludes halogenated alkanes) is 1. The Bertz CT molecular complexity index is 316. The first-order valence-corrected chi connectivity index (χ1v) is 6.76. The van der Waals surface area contributed by atoms with Crippen molar-refractivity contribution in [1.82, 2.24) is 0 Å². The highest BCUT2D eigenvalue weighted by Gasteiger charge is 2.09. The first-order valence-electron chi connectivity index (χ1n) is 6.76. The lowest BCUT2D eigenvalue weighted by atomic mass is 9.96. The van der Waals surface area contributed by atoms with E-state index < -0.39 is 0 Å². The zero-order valence-corrected chi connectivity index (χ0v) is 11.8. The summed E-state index contributed by atoms with van der Waals surface area (Å²) in [6.07, 6.45) is 4.74. The molecular formula is C16H27N. The van der Waals surface area contributed by atoms with Gasteiger partial charge in [0.05, 0.1) is 0 Å². The van der Waals surface area contributed by atoms with Gasteiger partial charge in [-0.1, -0.05) is 44.5 Å².